The minimum Gasteiger partial charge on any atom is -0.328 e. The Morgan fingerprint density at radius 2 is 1.33 bits per heavy atom. The van der Waals surface area contributed by atoms with Gasteiger partial charge in [-0.2, -0.15) is 0 Å². The number of nitrogens with zero attached hydrogens (tertiary/aromatic N) is 2. The Morgan fingerprint density at radius 3 is 1.93 bits per heavy atom. The van der Waals surface area contributed by atoms with Crippen molar-refractivity contribution in [2.45, 2.75) is 43.9 Å². The normalized spacial score (nSPS) is 25.3. The molecule has 0 saturated carbocycles. The van der Waals surface area contributed by atoms with E-state index in [0.29, 0.717) is 0 Å². The third-order valence-electron chi connectivity index (χ3n) is 6.21. The number of thiocarbonyl (C=S) groups is 1. The largest absolute Gasteiger partial charge is 0.328 e. The quantitative estimate of drug-likeness (QED) is 0.466. The second kappa shape index (κ2) is 7.22. The molecule has 4 heteroatoms. The average Bonchev–Trinajstić information content (AvgIpc) is 3.24. The number of para-hydroxylation sites is 2. The van der Waals surface area contributed by atoms with Crippen molar-refractivity contribution in [3.8, 4) is 0 Å². The number of benzene rings is 3. The van der Waals surface area contributed by atoms with Crippen LogP contribution >= 0.6 is 12.2 Å². The van der Waals surface area contributed by atoms with Gasteiger partial charge in [0.15, 0.2) is 5.60 Å². The Bertz CT molecular complexity index is 989. The molecule has 152 valence electrons. The predicted octanol–water partition coefficient (Wildman–Crippen LogP) is 6.32. The zero-order valence-electron chi connectivity index (χ0n) is 17.4. The lowest BCUT2D eigenvalue weighted by atomic mass is 9.87. The first-order chi connectivity index (χ1) is 14.5. The molecule has 2 heterocycles. The maximum atomic E-state index is 6.81. The molecule has 2 fully saturated rings. The topological polar surface area (TPSA) is 15.7 Å². The molecule has 2 aliphatic heterocycles. The molecule has 0 bridgehead atoms. The number of hydrogen-bond acceptors (Lipinski definition) is 3. The van der Waals surface area contributed by atoms with E-state index in [1.54, 1.807) is 0 Å². The van der Waals surface area contributed by atoms with Crippen LogP contribution < -0.4 is 9.96 Å². The highest BCUT2D eigenvalue weighted by Crippen LogP contribution is 2.53. The maximum Gasteiger partial charge on any atom is 0.151 e. The highest BCUT2D eigenvalue weighted by molar-refractivity contribution is 7.80. The third kappa shape index (κ3) is 3.11. The first kappa shape index (κ1) is 19.3. The van der Waals surface area contributed by atoms with Crippen molar-refractivity contribution in [2.75, 3.05) is 9.96 Å². The fourth-order valence-corrected chi connectivity index (χ4v) is 5.57. The molecule has 3 aromatic carbocycles. The van der Waals surface area contributed by atoms with Gasteiger partial charge in [0, 0.05) is 24.1 Å². The van der Waals surface area contributed by atoms with Gasteiger partial charge in [0.25, 0.3) is 0 Å². The molecule has 5 rings (SSSR count). The summed E-state index contributed by atoms with van der Waals surface area (Å²) in [6, 6.07) is 31.5. The standard InChI is InChI=1S/C26H26N2OS/c1-25(2)19-26(24(30)27(25)21-14-8-4-9-15-21)18-23(20-12-6-3-7-13-20)28(29-26)22-16-10-5-11-17-22/h3-17,23H,18-19H2,1-2H3/t23-,26-/m0/s1. The zero-order valence-corrected chi connectivity index (χ0v) is 18.2. The summed E-state index contributed by atoms with van der Waals surface area (Å²) in [5, 5.41) is 2.08. The van der Waals surface area contributed by atoms with Crippen LogP contribution in [0, 0.1) is 0 Å². The first-order valence-corrected chi connectivity index (χ1v) is 10.9. The predicted molar refractivity (Wildman–Crippen MR) is 127 cm³/mol. The van der Waals surface area contributed by atoms with Gasteiger partial charge < -0.3 is 4.90 Å². The number of rotatable bonds is 3. The number of anilines is 2. The molecule has 0 N–H and O–H groups in total. The van der Waals surface area contributed by atoms with Crippen LogP contribution in [0.2, 0.25) is 0 Å². The van der Waals surface area contributed by atoms with E-state index in [1.807, 2.05) is 12.1 Å². The summed E-state index contributed by atoms with van der Waals surface area (Å²) in [5.41, 5.74) is 2.79. The van der Waals surface area contributed by atoms with Crippen LogP contribution in [0.1, 0.15) is 38.3 Å². The molecule has 3 nitrogen and oxygen atoms in total. The fraction of sp³-hybridized carbons (Fsp3) is 0.269. The van der Waals surface area contributed by atoms with Gasteiger partial charge in [0.2, 0.25) is 0 Å². The number of hydrogen-bond donors (Lipinski definition) is 0. The molecule has 30 heavy (non-hydrogen) atoms. The molecular weight excluding hydrogens is 388 g/mol. The van der Waals surface area contributed by atoms with E-state index in [9.17, 15) is 0 Å². The minimum atomic E-state index is -0.509. The lowest BCUT2D eigenvalue weighted by molar-refractivity contribution is 0.0350. The highest BCUT2D eigenvalue weighted by atomic mass is 32.1. The van der Waals surface area contributed by atoms with E-state index in [1.165, 1.54) is 5.56 Å². The number of hydroxylamine groups is 1. The second-order valence-corrected chi connectivity index (χ2v) is 9.23. The van der Waals surface area contributed by atoms with Gasteiger partial charge in [-0.3, -0.25) is 4.84 Å². The summed E-state index contributed by atoms with van der Waals surface area (Å²) in [5.74, 6) is 0. The van der Waals surface area contributed by atoms with Crippen LogP contribution in [0.25, 0.3) is 0 Å². The fourth-order valence-electron chi connectivity index (χ4n) is 5.03. The SMILES string of the molecule is CC1(C)C[C@@]2(C[C@@H](c3ccccc3)N(c3ccccc3)O2)C(=S)N1c1ccccc1. The van der Waals surface area contributed by atoms with Crippen LogP contribution in [-0.4, -0.2) is 16.1 Å². The van der Waals surface area contributed by atoms with Crippen LogP contribution in [-0.2, 0) is 4.84 Å². The van der Waals surface area contributed by atoms with E-state index in [0.717, 1.165) is 29.2 Å². The lowest BCUT2D eigenvalue weighted by Crippen LogP contribution is -2.42. The van der Waals surface area contributed by atoms with Gasteiger partial charge in [-0.15, -0.1) is 0 Å². The van der Waals surface area contributed by atoms with Gasteiger partial charge in [0.1, 0.15) is 4.99 Å². The third-order valence-corrected chi connectivity index (χ3v) is 6.76. The van der Waals surface area contributed by atoms with Crippen molar-refractivity contribution in [3.05, 3.63) is 96.6 Å². The highest BCUT2D eigenvalue weighted by Gasteiger charge is 2.60. The molecule has 0 unspecified atom stereocenters. The summed E-state index contributed by atoms with van der Waals surface area (Å²) in [4.78, 5) is 9.98. The van der Waals surface area contributed by atoms with Crippen molar-refractivity contribution in [3.63, 3.8) is 0 Å². The Balaban J connectivity index is 1.57. The second-order valence-electron chi connectivity index (χ2n) is 8.84. The minimum absolute atomic E-state index is 0.109. The summed E-state index contributed by atoms with van der Waals surface area (Å²) >= 11 is 6.12. The van der Waals surface area contributed by atoms with Crippen LogP contribution in [0.15, 0.2) is 91.0 Å². The van der Waals surface area contributed by atoms with E-state index in [4.69, 9.17) is 17.1 Å². The zero-order chi connectivity index (χ0) is 20.8. The molecule has 1 spiro atoms. The molecule has 0 aliphatic carbocycles. The summed E-state index contributed by atoms with van der Waals surface area (Å²) < 4.78 is 0. The Kier molecular flexibility index (Phi) is 4.64. The monoisotopic (exact) mass is 414 g/mol. The molecule has 0 aromatic heterocycles. The summed E-state index contributed by atoms with van der Waals surface area (Å²) in [7, 11) is 0. The van der Waals surface area contributed by atoms with E-state index in [2.05, 4.69) is 103 Å². The molecule has 0 radical (unpaired) electrons. The van der Waals surface area contributed by atoms with Crippen molar-refractivity contribution < 1.29 is 4.84 Å². The van der Waals surface area contributed by atoms with Gasteiger partial charge in [0.05, 0.1) is 11.7 Å². The van der Waals surface area contributed by atoms with E-state index in [-0.39, 0.29) is 11.6 Å². The molecule has 0 amide bonds. The molecule has 3 aromatic rings. The van der Waals surface area contributed by atoms with Crippen molar-refractivity contribution in [1.29, 1.82) is 0 Å². The average molecular weight is 415 g/mol. The molecule has 2 atom stereocenters. The van der Waals surface area contributed by atoms with Crippen molar-refractivity contribution in [1.82, 2.24) is 0 Å². The van der Waals surface area contributed by atoms with Crippen molar-refractivity contribution >= 4 is 28.6 Å². The molecule has 2 saturated heterocycles. The Labute approximate surface area is 183 Å². The summed E-state index contributed by atoms with van der Waals surface area (Å²) in [6.45, 7) is 4.51. The van der Waals surface area contributed by atoms with Crippen molar-refractivity contribution in [2.24, 2.45) is 0 Å². The van der Waals surface area contributed by atoms with Gasteiger partial charge in [-0.1, -0.05) is 78.9 Å². The van der Waals surface area contributed by atoms with Crippen LogP contribution in [0.5, 0.6) is 0 Å². The summed E-state index contributed by atoms with van der Waals surface area (Å²) in [6.07, 6.45) is 1.68. The van der Waals surface area contributed by atoms with Gasteiger partial charge in [-0.05, 0) is 43.7 Å². The van der Waals surface area contributed by atoms with Crippen LogP contribution in [0.3, 0.4) is 0 Å². The lowest BCUT2D eigenvalue weighted by Gasteiger charge is -2.32. The van der Waals surface area contributed by atoms with E-state index < -0.39 is 5.60 Å². The molecule has 2 aliphatic rings. The Morgan fingerprint density at radius 1 is 0.800 bits per heavy atom. The first-order valence-electron chi connectivity index (χ1n) is 10.5. The van der Waals surface area contributed by atoms with E-state index >= 15 is 0 Å². The van der Waals surface area contributed by atoms with Gasteiger partial charge in [-0.25, -0.2) is 5.06 Å². The Hall–Kier alpha value is -2.69. The molecular formula is C26H26N2OS. The smallest absolute Gasteiger partial charge is 0.151 e. The maximum absolute atomic E-state index is 6.81. The van der Waals surface area contributed by atoms with Gasteiger partial charge >= 0.3 is 0 Å². The van der Waals surface area contributed by atoms with Crippen LogP contribution in [0.4, 0.5) is 11.4 Å².